The van der Waals surface area contributed by atoms with Gasteiger partial charge in [0.05, 0.1) is 11.3 Å². The third-order valence-corrected chi connectivity index (χ3v) is 6.61. The third-order valence-electron chi connectivity index (χ3n) is 5.41. The number of carbonyl (C=O) groups excluding carboxylic acids is 2. The fraction of sp³-hybridized carbons (Fsp3) is 0.227. The van der Waals surface area contributed by atoms with Crippen molar-refractivity contribution in [1.29, 1.82) is 0 Å². The second kappa shape index (κ2) is 7.59. The first-order valence-corrected chi connectivity index (χ1v) is 10.9. The normalized spacial score (nSPS) is 13.2. The number of hydrogen-bond donors (Lipinski definition) is 2. The van der Waals surface area contributed by atoms with Crippen LogP contribution in [0.25, 0.3) is 17.0 Å². The van der Waals surface area contributed by atoms with Crippen molar-refractivity contribution < 1.29 is 9.59 Å². The molecule has 0 aliphatic heterocycles. The van der Waals surface area contributed by atoms with Crippen molar-refractivity contribution in [1.82, 2.24) is 19.6 Å². The zero-order valence-corrected chi connectivity index (χ0v) is 17.7. The van der Waals surface area contributed by atoms with Gasteiger partial charge in [0, 0.05) is 16.1 Å². The molecular weight excluding hydrogens is 412 g/mol. The summed E-state index contributed by atoms with van der Waals surface area (Å²) >= 11 is 1.41. The van der Waals surface area contributed by atoms with E-state index in [9.17, 15) is 9.59 Å². The van der Waals surface area contributed by atoms with E-state index in [1.165, 1.54) is 15.9 Å². The molecule has 1 aromatic carbocycles. The van der Waals surface area contributed by atoms with Crippen molar-refractivity contribution >= 4 is 33.9 Å². The van der Waals surface area contributed by atoms with Gasteiger partial charge in [-0.3, -0.25) is 9.59 Å². The monoisotopic (exact) mass is 432 g/mol. The molecule has 0 radical (unpaired) electrons. The maximum Gasteiger partial charge on any atom is 0.296 e. The number of carbonyl (C=O) groups is 2. The van der Waals surface area contributed by atoms with Crippen LogP contribution in [0.1, 0.15) is 50.0 Å². The summed E-state index contributed by atoms with van der Waals surface area (Å²) in [6.45, 7) is 1.88. The van der Waals surface area contributed by atoms with E-state index >= 15 is 0 Å². The molecule has 0 atom stereocenters. The molecule has 8 nitrogen and oxygen atoms in total. The Kier molecular flexibility index (Phi) is 4.74. The van der Waals surface area contributed by atoms with Crippen LogP contribution >= 0.6 is 11.3 Å². The van der Waals surface area contributed by atoms with E-state index in [1.54, 1.807) is 0 Å². The lowest BCUT2D eigenvalue weighted by molar-refractivity contribution is 0.100. The van der Waals surface area contributed by atoms with Gasteiger partial charge in [-0.15, -0.1) is 16.4 Å². The summed E-state index contributed by atoms with van der Waals surface area (Å²) < 4.78 is 1.54. The predicted octanol–water partition coefficient (Wildman–Crippen LogP) is 3.39. The summed E-state index contributed by atoms with van der Waals surface area (Å²) in [7, 11) is 0. The van der Waals surface area contributed by atoms with Crippen LogP contribution in [-0.4, -0.2) is 31.4 Å². The first-order chi connectivity index (χ1) is 15.0. The molecule has 1 aliphatic carbocycles. The van der Waals surface area contributed by atoms with Crippen LogP contribution in [-0.2, 0) is 12.8 Å². The highest BCUT2D eigenvalue weighted by atomic mass is 32.1. The Morgan fingerprint density at radius 1 is 1.13 bits per heavy atom. The first-order valence-electron chi connectivity index (χ1n) is 10.1. The number of nitrogens with two attached hydrogens (primary N) is 1. The second-order valence-electron chi connectivity index (χ2n) is 7.53. The quantitative estimate of drug-likeness (QED) is 0.513. The second-order valence-corrected chi connectivity index (χ2v) is 8.63. The zero-order chi connectivity index (χ0) is 21.5. The van der Waals surface area contributed by atoms with Crippen molar-refractivity contribution in [3.63, 3.8) is 0 Å². The smallest absolute Gasteiger partial charge is 0.296 e. The number of benzene rings is 1. The zero-order valence-electron chi connectivity index (χ0n) is 16.9. The fourth-order valence-electron chi connectivity index (χ4n) is 3.94. The van der Waals surface area contributed by atoms with Gasteiger partial charge in [0.2, 0.25) is 5.82 Å². The Balaban J connectivity index is 1.49. The first kappa shape index (κ1) is 19.4. The Morgan fingerprint density at radius 3 is 2.68 bits per heavy atom. The molecule has 3 heterocycles. The molecule has 0 spiro atoms. The Labute approximate surface area is 182 Å². The van der Waals surface area contributed by atoms with E-state index in [-0.39, 0.29) is 5.82 Å². The van der Waals surface area contributed by atoms with Crippen LogP contribution in [0, 0.1) is 6.92 Å². The van der Waals surface area contributed by atoms with E-state index < -0.39 is 11.8 Å². The number of nitrogens with zero attached hydrogens (tertiary/aromatic N) is 4. The van der Waals surface area contributed by atoms with E-state index in [2.05, 4.69) is 20.4 Å². The summed E-state index contributed by atoms with van der Waals surface area (Å²) in [6, 6.07) is 11.7. The average Bonchev–Trinajstić information content (AvgIpc) is 3.36. The van der Waals surface area contributed by atoms with Crippen LogP contribution in [0.5, 0.6) is 0 Å². The minimum atomic E-state index is -0.525. The highest BCUT2D eigenvalue weighted by molar-refractivity contribution is 7.17. The number of aromatic nitrogens is 4. The number of aryl methyl sites for hydroxylation is 2. The Morgan fingerprint density at radius 2 is 1.90 bits per heavy atom. The third kappa shape index (κ3) is 3.46. The number of thiophene rings is 1. The predicted molar refractivity (Wildman–Crippen MR) is 118 cm³/mol. The van der Waals surface area contributed by atoms with Gasteiger partial charge in [-0.1, -0.05) is 30.3 Å². The lowest BCUT2D eigenvalue weighted by Gasteiger charge is -2.11. The van der Waals surface area contributed by atoms with Crippen LogP contribution in [0.2, 0.25) is 0 Å². The average molecular weight is 433 g/mol. The number of anilines is 1. The molecule has 9 heteroatoms. The van der Waals surface area contributed by atoms with Gasteiger partial charge in [0.15, 0.2) is 0 Å². The minimum Gasteiger partial charge on any atom is -0.365 e. The van der Waals surface area contributed by atoms with Gasteiger partial charge in [0.1, 0.15) is 5.00 Å². The van der Waals surface area contributed by atoms with Gasteiger partial charge < -0.3 is 11.1 Å². The summed E-state index contributed by atoms with van der Waals surface area (Å²) in [5, 5.41) is 7.59. The topological polar surface area (TPSA) is 115 Å². The SMILES string of the molecule is Cc1cc(-c2ccccc2)nc2nc(C(=O)Nc3sc4c(c3C(N)=O)CCCC4)nn12. The van der Waals surface area contributed by atoms with Crippen LogP contribution in [0.15, 0.2) is 36.4 Å². The van der Waals surface area contributed by atoms with Crippen molar-refractivity contribution in [3.05, 3.63) is 63.9 Å². The van der Waals surface area contributed by atoms with Crippen molar-refractivity contribution in [2.75, 3.05) is 5.32 Å². The van der Waals surface area contributed by atoms with Crippen molar-refractivity contribution in [2.45, 2.75) is 32.6 Å². The molecule has 2 amide bonds. The molecule has 0 unspecified atom stereocenters. The Bertz CT molecular complexity index is 1330. The van der Waals surface area contributed by atoms with Gasteiger partial charge in [-0.25, -0.2) is 9.50 Å². The molecule has 1 aliphatic rings. The summed E-state index contributed by atoms with van der Waals surface area (Å²) in [5.41, 5.74) is 9.52. The number of primary amides is 1. The number of fused-ring (bicyclic) bond motifs is 2. The molecular formula is C22H20N6O2S. The molecule has 3 N–H and O–H groups in total. The maximum atomic E-state index is 12.9. The van der Waals surface area contributed by atoms with Gasteiger partial charge >= 0.3 is 0 Å². The summed E-state index contributed by atoms with van der Waals surface area (Å²) in [6.07, 6.45) is 3.79. The molecule has 4 aromatic rings. The molecule has 5 rings (SSSR count). The number of rotatable bonds is 4. The molecule has 0 saturated carbocycles. The lowest BCUT2D eigenvalue weighted by atomic mass is 9.95. The molecule has 3 aromatic heterocycles. The number of amides is 2. The highest BCUT2D eigenvalue weighted by Crippen LogP contribution is 2.38. The molecule has 0 bridgehead atoms. The number of hydrogen-bond acceptors (Lipinski definition) is 6. The van der Waals surface area contributed by atoms with Gasteiger partial charge in [0.25, 0.3) is 17.6 Å². The largest absolute Gasteiger partial charge is 0.365 e. The van der Waals surface area contributed by atoms with Crippen molar-refractivity contribution in [2.24, 2.45) is 5.73 Å². The molecule has 156 valence electrons. The van der Waals surface area contributed by atoms with Gasteiger partial charge in [-0.05, 0) is 44.2 Å². The fourth-order valence-corrected chi connectivity index (χ4v) is 5.23. The Hall–Kier alpha value is -3.59. The molecule has 31 heavy (non-hydrogen) atoms. The summed E-state index contributed by atoms with van der Waals surface area (Å²) in [4.78, 5) is 35.0. The molecule has 0 fully saturated rings. The highest BCUT2D eigenvalue weighted by Gasteiger charge is 2.26. The van der Waals surface area contributed by atoms with Crippen LogP contribution < -0.4 is 11.1 Å². The lowest BCUT2D eigenvalue weighted by Crippen LogP contribution is -2.19. The van der Waals surface area contributed by atoms with Gasteiger partial charge in [-0.2, -0.15) is 4.98 Å². The van der Waals surface area contributed by atoms with E-state index in [4.69, 9.17) is 5.73 Å². The number of nitrogens with one attached hydrogen (secondary N) is 1. The standard InChI is InChI=1S/C22H20N6O2S/c1-12-11-15(13-7-3-2-4-8-13)24-22-25-19(27-28(12)22)20(30)26-21-17(18(23)29)14-9-5-6-10-16(14)31-21/h2-4,7-8,11H,5-6,9-10H2,1H3,(H2,23,29)(H,26,30). The van der Waals surface area contributed by atoms with E-state index in [0.717, 1.165) is 53.1 Å². The molecule has 0 saturated heterocycles. The van der Waals surface area contributed by atoms with E-state index in [0.29, 0.717) is 16.3 Å². The van der Waals surface area contributed by atoms with Crippen molar-refractivity contribution in [3.8, 4) is 11.3 Å². The van der Waals surface area contributed by atoms with Crippen LogP contribution in [0.4, 0.5) is 5.00 Å². The van der Waals surface area contributed by atoms with E-state index in [1.807, 2.05) is 43.3 Å². The van der Waals surface area contributed by atoms with Crippen LogP contribution in [0.3, 0.4) is 0 Å². The maximum absolute atomic E-state index is 12.9. The minimum absolute atomic E-state index is 0.0115. The summed E-state index contributed by atoms with van der Waals surface area (Å²) in [5.74, 6) is -0.692.